The maximum absolute atomic E-state index is 13.5. The van der Waals surface area contributed by atoms with E-state index in [9.17, 15) is 45.5 Å². The van der Waals surface area contributed by atoms with Crippen LogP contribution in [0.1, 0.15) is 89.1 Å². The summed E-state index contributed by atoms with van der Waals surface area (Å²) in [6, 6.07) is 23.9. The number of nitrogens with one attached hydrogen (secondary N) is 2. The van der Waals surface area contributed by atoms with Crippen molar-refractivity contribution in [2.45, 2.75) is 50.9 Å². The fraction of sp³-hybridized carbons (Fsp3) is 0.235. The fourth-order valence-electron chi connectivity index (χ4n) is 8.88. The summed E-state index contributed by atoms with van der Waals surface area (Å²) in [5, 5.41) is 6.02. The van der Waals surface area contributed by atoms with Gasteiger partial charge in [-0.2, -0.15) is 26.3 Å². The van der Waals surface area contributed by atoms with Crippen LogP contribution in [0.15, 0.2) is 131 Å². The molecule has 2 aliphatic rings. The second-order valence-electron chi connectivity index (χ2n) is 17.1. The predicted molar refractivity (Wildman–Crippen MR) is 246 cm³/mol. The number of hydrogen-bond donors (Lipinski definition) is 3. The number of aromatic amines is 1. The first kappa shape index (κ1) is 48.5. The largest absolute Gasteiger partial charge is 0.434 e. The topological polar surface area (TPSA) is 180 Å². The van der Waals surface area contributed by atoms with Gasteiger partial charge in [0, 0.05) is 85.1 Å². The number of nitrogens with zero attached hydrogens (tertiary/aromatic N) is 5. The Morgan fingerprint density at radius 3 is 1.63 bits per heavy atom. The summed E-state index contributed by atoms with van der Waals surface area (Å²) in [6.07, 6.45) is -0.516. The smallest absolute Gasteiger partial charge is 0.388 e. The standard InChI is InChI=1S/C26H21F3N4O3.C25H23F3N4O2/c1-15-9-19(11-20(10-15)26(27,28)29)21-5-4-16(12-22(21)23-31-32-25(35)36-23)24(34)33-8-6-18(14-33)17-3-2-7-30-13-17;1-15-9-19(11-20(10-15)25(26,27)28)21-5-4-16(12-22(21)23(33)31-29)24(34)32-8-6-18(14-32)17-3-2-7-30-13-17/h2-5,7,9-13,18H,6,8,14H2,1H3,(H,32,35);2-5,7,9-13,18H,6,8,14,29H2,1H3,(H,31,33). The van der Waals surface area contributed by atoms with E-state index in [1.807, 2.05) is 29.7 Å². The van der Waals surface area contributed by atoms with Gasteiger partial charge in [-0.05, 0) is 132 Å². The highest BCUT2D eigenvalue weighted by molar-refractivity contribution is 6.04. The van der Waals surface area contributed by atoms with Crippen molar-refractivity contribution in [3.8, 4) is 33.7 Å². The SMILES string of the molecule is Cc1cc(-c2ccc(C(=O)N3CCC(c4cccnc4)C3)cc2-c2n[nH]c(=O)o2)cc(C(F)(F)F)c1.Cc1cc(-c2ccc(C(=O)N3CCC(c4cccnc4)C3)cc2C(=O)NN)cc(C(F)(F)F)c1. The molecule has 2 unspecified atom stereocenters. The number of carbonyl (C=O) groups is 3. The summed E-state index contributed by atoms with van der Waals surface area (Å²) in [6.45, 7) is 5.25. The average Bonchev–Trinajstić information content (AvgIpc) is 4.15. The number of pyridine rings is 2. The van der Waals surface area contributed by atoms with Gasteiger partial charge in [-0.1, -0.05) is 36.4 Å². The average molecular weight is 963 g/mol. The minimum atomic E-state index is -4.53. The summed E-state index contributed by atoms with van der Waals surface area (Å²) < 4.78 is 85.5. The number of nitrogens with two attached hydrogens (primary N) is 1. The number of alkyl halides is 6. The Kier molecular flexibility index (Phi) is 13.8. The maximum Gasteiger partial charge on any atom is 0.434 e. The number of aryl methyl sites for hydroxylation is 2. The lowest BCUT2D eigenvalue weighted by Crippen LogP contribution is -2.32. The zero-order valence-corrected chi connectivity index (χ0v) is 37.6. The molecule has 2 fully saturated rings. The minimum Gasteiger partial charge on any atom is -0.388 e. The number of nitrogen functional groups attached to an aromatic ring is 1. The number of benzene rings is 4. The van der Waals surface area contributed by atoms with E-state index in [0.29, 0.717) is 48.4 Å². The molecule has 3 aromatic heterocycles. The summed E-state index contributed by atoms with van der Waals surface area (Å²) in [7, 11) is 0. The van der Waals surface area contributed by atoms with Crippen molar-refractivity contribution in [2.24, 2.45) is 5.84 Å². The normalized spacial score (nSPS) is 15.9. The van der Waals surface area contributed by atoms with Crippen molar-refractivity contribution < 1.29 is 45.1 Å². The summed E-state index contributed by atoms with van der Waals surface area (Å²) in [4.78, 5) is 62.4. The number of hydrazine groups is 1. The molecule has 0 aliphatic carbocycles. The van der Waals surface area contributed by atoms with E-state index in [2.05, 4.69) is 20.2 Å². The lowest BCUT2D eigenvalue weighted by atomic mass is 9.94. The molecule has 4 N–H and O–H groups in total. The molecule has 5 heterocycles. The molecule has 0 saturated carbocycles. The highest BCUT2D eigenvalue weighted by atomic mass is 19.4. The van der Waals surface area contributed by atoms with Crippen LogP contribution in [0.5, 0.6) is 0 Å². The number of halogens is 6. The van der Waals surface area contributed by atoms with Gasteiger partial charge in [0.25, 0.3) is 17.7 Å². The van der Waals surface area contributed by atoms with Gasteiger partial charge in [-0.3, -0.25) is 29.8 Å². The number of carbonyl (C=O) groups excluding carboxylic acids is 3. The van der Waals surface area contributed by atoms with Crippen molar-refractivity contribution in [3.63, 3.8) is 0 Å². The Hall–Kier alpha value is -7.93. The van der Waals surface area contributed by atoms with Crippen LogP contribution in [-0.4, -0.2) is 73.9 Å². The quantitative estimate of drug-likeness (QED) is 0.0579. The Morgan fingerprint density at radius 1 is 0.671 bits per heavy atom. The molecule has 0 radical (unpaired) electrons. The maximum atomic E-state index is 13.5. The second-order valence-corrected chi connectivity index (χ2v) is 17.1. The van der Waals surface area contributed by atoms with E-state index in [1.54, 1.807) is 72.7 Å². The summed E-state index contributed by atoms with van der Waals surface area (Å²) >= 11 is 0. The lowest BCUT2D eigenvalue weighted by Gasteiger charge is -2.18. The third kappa shape index (κ3) is 10.8. The molecule has 360 valence electrons. The Labute approximate surface area is 396 Å². The Morgan fingerprint density at radius 2 is 1.17 bits per heavy atom. The monoisotopic (exact) mass is 962 g/mol. The number of H-pyrrole nitrogens is 1. The highest BCUT2D eigenvalue weighted by Gasteiger charge is 2.34. The van der Waals surface area contributed by atoms with E-state index in [0.717, 1.165) is 48.2 Å². The van der Waals surface area contributed by atoms with Crippen molar-refractivity contribution in [1.82, 2.24) is 35.4 Å². The molecule has 19 heteroatoms. The predicted octanol–water partition coefficient (Wildman–Crippen LogP) is 9.36. The number of amides is 3. The Balaban J connectivity index is 0.000000189. The van der Waals surface area contributed by atoms with Crippen LogP contribution in [0.2, 0.25) is 0 Å². The molecule has 0 bridgehead atoms. The van der Waals surface area contributed by atoms with Crippen LogP contribution in [0.25, 0.3) is 33.7 Å². The van der Waals surface area contributed by atoms with Gasteiger partial charge in [0.2, 0.25) is 5.89 Å². The van der Waals surface area contributed by atoms with Gasteiger partial charge >= 0.3 is 18.1 Å². The number of aromatic nitrogens is 4. The lowest BCUT2D eigenvalue weighted by molar-refractivity contribution is -0.138. The molecule has 2 aliphatic heterocycles. The van der Waals surface area contributed by atoms with E-state index in [-0.39, 0.29) is 62.9 Å². The molecule has 9 rings (SSSR count). The Bertz CT molecular complexity index is 3120. The van der Waals surface area contributed by atoms with E-state index in [1.165, 1.54) is 24.3 Å². The van der Waals surface area contributed by atoms with Crippen molar-refractivity contribution in [2.75, 3.05) is 26.2 Å². The van der Waals surface area contributed by atoms with Gasteiger partial charge in [0.15, 0.2) is 0 Å². The highest BCUT2D eigenvalue weighted by Crippen LogP contribution is 2.39. The van der Waals surface area contributed by atoms with E-state index < -0.39 is 35.1 Å². The van der Waals surface area contributed by atoms with Crippen molar-refractivity contribution in [3.05, 3.63) is 182 Å². The van der Waals surface area contributed by atoms with Crippen LogP contribution in [0, 0.1) is 13.8 Å². The van der Waals surface area contributed by atoms with Crippen LogP contribution >= 0.6 is 0 Å². The first-order chi connectivity index (χ1) is 33.4. The molecular weight excluding hydrogens is 919 g/mol. The number of rotatable bonds is 8. The number of hydrogen-bond acceptors (Lipinski definition) is 9. The molecule has 0 spiro atoms. The van der Waals surface area contributed by atoms with Gasteiger partial charge < -0.3 is 14.2 Å². The van der Waals surface area contributed by atoms with Crippen LogP contribution in [-0.2, 0) is 12.4 Å². The zero-order valence-electron chi connectivity index (χ0n) is 37.6. The van der Waals surface area contributed by atoms with Crippen LogP contribution in [0.3, 0.4) is 0 Å². The van der Waals surface area contributed by atoms with Crippen molar-refractivity contribution in [1.29, 1.82) is 0 Å². The zero-order chi connectivity index (χ0) is 49.9. The number of likely N-dealkylation sites (tertiary alicyclic amines) is 2. The third-order valence-electron chi connectivity index (χ3n) is 12.3. The molecular formula is C51H44F6N8O5. The van der Waals surface area contributed by atoms with Gasteiger partial charge in [0.05, 0.1) is 11.1 Å². The first-order valence-electron chi connectivity index (χ1n) is 22.0. The molecule has 2 atom stereocenters. The molecule has 70 heavy (non-hydrogen) atoms. The van der Waals surface area contributed by atoms with Crippen LogP contribution in [0.4, 0.5) is 26.3 Å². The minimum absolute atomic E-state index is 0.0232. The molecule has 4 aromatic carbocycles. The molecule has 3 amide bonds. The molecule has 13 nitrogen and oxygen atoms in total. The van der Waals surface area contributed by atoms with E-state index >= 15 is 0 Å². The van der Waals surface area contributed by atoms with E-state index in [4.69, 9.17) is 10.3 Å². The third-order valence-corrected chi connectivity index (χ3v) is 12.3. The first-order valence-corrected chi connectivity index (χ1v) is 22.0. The second kappa shape index (κ2) is 20.0. The van der Waals surface area contributed by atoms with Crippen LogP contribution < -0.4 is 17.0 Å². The van der Waals surface area contributed by atoms with Gasteiger partial charge in [-0.25, -0.2) is 15.7 Å². The van der Waals surface area contributed by atoms with Gasteiger partial charge in [-0.15, -0.1) is 5.10 Å². The molecule has 2 saturated heterocycles. The fourth-order valence-corrected chi connectivity index (χ4v) is 8.88. The summed E-state index contributed by atoms with van der Waals surface area (Å²) in [5.74, 6) is 3.54. The van der Waals surface area contributed by atoms with Gasteiger partial charge in [0.1, 0.15) is 0 Å². The van der Waals surface area contributed by atoms with Crippen molar-refractivity contribution >= 4 is 17.7 Å². The summed E-state index contributed by atoms with van der Waals surface area (Å²) in [5.41, 5.74) is 5.23. The molecule has 7 aromatic rings.